The minimum atomic E-state index is -0.974. The van der Waals surface area contributed by atoms with Crippen LogP contribution < -0.4 is 11.1 Å². The first kappa shape index (κ1) is 14.3. The average molecular weight is 304 g/mol. The van der Waals surface area contributed by atoms with E-state index in [1.807, 2.05) is 12.2 Å². The number of primary amides is 1. The van der Waals surface area contributed by atoms with Gasteiger partial charge in [0.15, 0.2) is 0 Å². The summed E-state index contributed by atoms with van der Waals surface area (Å²) in [6.07, 6.45) is 5.76. The van der Waals surface area contributed by atoms with Crippen molar-refractivity contribution >= 4 is 23.5 Å². The van der Waals surface area contributed by atoms with E-state index in [-0.39, 0.29) is 23.2 Å². The van der Waals surface area contributed by atoms with E-state index >= 15 is 0 Å². The molecule has 0 aliphatic heterocycles. The van der Waals surface area contributed by atoms with E-state index in [1.165, 1.54) is 17.9 Å². The van der Waals surface area contributed by atoms with Crippen molar-refractivity contribution in [2.45, 2.75) is 6.42 Å². The summed E-state index contributed by atoms with van der Waals surface area (Å²) < 4.78 is 1.27. The summed E-state index contributed by atoms with van der Waals surface area (Å²) in [5.41, 5.74) is 5.56. The minimum absolute atomic E-state index is 0.0823. The van der Waals surface area contributed by atoms with Crippen LogP contribution in [0.25, 0.3) is 0 Å². The Hall–Kier alpha value is -2.64. The number of rotatable bonds is 4. The highest BCUT2D eigenvalue weighted by Crippen LogP contribution is 2.48. The van der Waals surface area contributed by atoms with Gasteiger partial charge in [0.05, 0.1) is 23.7 Å². The van der Waals surface area contributed by atoms with Crippen molar-refractivity contribution in [3.63, 3.8) is 0 Å². The van der Waals surface area contributed by atoms with Crippen LogP contribution in [0.3, 0.4) is 0 Å². The van der Waals surface area contributed by atoms with Gasteiger partial charge >= 0.3 is 5.97 Å². The zero-order chi connectivity index (χ0) is 16.0. The van der Waals surface area contributed by atoms with E-state index in [4.69, 9.17) is 5.73 Å². The second-order valence-electron chi connectivity index (χ2n) is 5.72. The molecule has 2 bridgehead atoms. The summed E-state index contributed by atoms with van der Waals surface area (Å²) >= 11 is 0. The molecule has 3 rings (SSSR count). The van der Waals surface area contributed by atoms with Crippen LogP contribution in [0, 0.1) is 23.7 Å². The molecule has 0 spiro atoms. The van der Waals surface area contributed by atoms with Crippen LogP contribution in [0.4, 0.5) is 5.69 Å². The van der Waals surface area contributed by atoms with E-state index in [9.17, 15) is 19.5 Å². The standard InChI is InChI=1S/C14H16N4O4/c1-18-11(12(15)19)8(5-16-18)17-13(20)9-6-2-3-7(4-6)10(9)14(21)22/h2-3,5-7,9-10H,4H2,1H3,(H2,15,19)(H,17,20)(H,21,22)/t6-,7-,9+,10+/m0/s1. The molecular formula is C14H16N4O4. The number of hydrogen-bond acceptors (Lipinski definition) is 4. The number of aryl methyl sites for hydroxylation is 1. The third-order valence-electron chi connectivity index (χ3n) is 4.48. The van der Waals surface area contributed by atoms with Crippen molar-refractivity contribution < 1.29 is 19.5 Å². The lowest BCUT2D eigenvalue weighted by atomic mass is 9.82. The van der Waals surface area contributed by atoms with Gasteiger partial charge in [0.1, 0.15) is 5.69 Å². The molecule has 1 saturated carbocycles. The molecule has 8 nitrogen and oxygen atoms in total. The van der Waals surface area contributed by atoms with Gasteiger partial charge in [0.25, 0.3) is 5.91 Å². The SMILES string of the molecule is Cn1ncc(NC(=O)[C@H]2[C@H](C(=O)O)[C@H]3C=C[C@H]2C3)c1C(N)=O. The number of hydrogen-bond donors (Lipinski definition) is 3. The predicted octanol–water partition coefficient (Wildman–Crippen LogP) is -0.0196. The molecule has 0 radical (unpaired) electrons. The van der Waals surface area contributed by atoms with Crippen LogP contribution in [-0.4, -0.2) is 32.7 Å². The number of carbonyl (C=O) groups is 3. The maximum absolute atomic E-state index is 12.5. The number of allylic oxidation sites excluding steroid dienone is 2. The molecule has 22 heavy (non-hydrogen) atoms. The van der Waals surface area contributed by atoms with Gasteiger partial charge in [-0.3, -0.25) is 19.1 Å². The van der Waals surface area contributed by atoms with Crippen LogP contribution in [0.15, 0.2) is 18.3 Å². The molecule has 1 heterocycles. The van der Waals surface area contributed by atoms with Gasteiger partial charge in [-0.05, 0) is 18.3 Å². The Labute approximate surface area is 126 Å². The molecule has 4 atom stereocenters. The monoisotopic (exact) mass is 304 g/mol. The molecule has 2 amide bonds. The maximum Gasteiger partial charge on any atom is 0.307 e. The highest BCUT2D eigenvalue weighted by Gasteiger charge is 2.51. The number of nitrogens with one attached hydrogen (secondary N) is 1. The van der Waals surface area contributed by atoms with E-state index in [0.717, 1.165) is 0 Å². The van der Waals surface area contributed by atoms with E-state index in [1.54, 1.807) is 0 Å². The fourth-order valence-corrected chi connectivity index (χ4v) is 3.55. The molecule has 2 aliphatic carbocycles. The molecular weight excluding hydrogens is 288 g/mol. The Kier molecular flexibility index (Phi) is 3.23. The topological polar surface area (TPSA) is 127 Å². The van der Waals surface area contributed by atoms with Crippen LogP contribution >= 0.6 is 0 Å². The van der Waals surface area contributed by atoms with Gasteiger partial charge < -0.3 is 16.2 Å². The van der Waals surface area contributed by atoms with E-state index in [0.29, 0.717) is 6.42 Å². The van der Waals surface area contributed by atoms with Crippen molar-refractivity contribution in [3.05, 3.63) is 24.0 Å². The second kappa shape index (κ2) is 4.97. The van der Waals surface area contributed by atoms with Crippen LogP contribution in [0.1, 0.15) is 16.9 Å². The zero-order valence-corrected chi connectivity index (χ0v) is 11.9. The van der Waals surface area contributed by atoms with Crippen molar-refractivity contribution in [1.82, 2.24) is 9.78 Å². The molecule has 1 aromatic heterocycles. The quantitative estimate of drug-likeness (QED) is 0.674. The molecule has 2 aliphatic rings. The van der Waals surface area contributed by atoms with Crippen LogP contribution in [0.2, 0.25) is 0 Å². The normalized spacial score (nSPS) is 28.8. The number of carboxylic acids is 1. The number of anilines is 1. The summed E-state index contributed by atoms with van der Waals surface area (Å²) in [5.74, 6) is -3.67. The second-order valence-corrected chi connectivity index (χ2v) is 5.72. The lowest BCUT2D eigenvalue weighted by molar-refractivity contribution is -0.146. The Morgan fingerprint density at radius 3 is 2.55 bits per heavy atom. The lowest BCUT2D eigenvalue weighted by Crippen LogP contribution is -2.36. The minimum Gasteiger partial charge on any atom is -0.481 e. The largest absolute Gasteiger partial charge is 0.481 e. The highest BCUT2D eigenvalue weighted by atomic mass is 16.4. The highest BCUT2D eigenvalue weighted by molar-refractivity contribution is 6.03. The first-order valence-corrected chi connectivity index (χ1v) is 6.94. The van der Waals surface area contributed by atoms with Gasteiger partial charge in [-0.25, -0.2) is 0 Å². The molecule has 1 fully saturated rings. The maximum atomic E-state index is 12.5. The zero-order valence-electron chi connectivity index (χ0n) is 11.9. The summed E-state index contributed by atoms with van der Waals surface area (Å²) in [6, 6.07) is 0. The summed E-state index contributed by atoms with van der Waals surface area (Å²) in [6.45, 7) is 0. The fraction of sp³-hybridized carbons (Fsp3) is 0.429. The Morgan fingerprint density at radius 1 is 1.32 bits per heavy atom. The molecule has 4 N–H and O–H groups in total. The van der Waals surface area contributed by atoms with Gasteiger partial charge in [0.2, 0.25) is 5.91 Å². The Bertz CT molecular complexity index is 693. The number of amides is 2. The van der Waals surface area contributed by atoms with Gasteiger partial charge in [0, 0.05) is 7.05 Å². The number of fused-ring (bicyclic) bond motifs is 2. The smallest absolute Gasteiger partial charge is 0.307 e. The van der Waals surface area contributed by atoms with Crippen molar-refractivity contribution in [1.29, 1.82) is 0 Å². The number of nitrogens with zero attached hydrogens (tertiary/aromatic N) is 2. The first-order valence-electron chi connectivity index (χ1n) is 6.94. The first-order chi connectivity index (χ1) is 10.4. The molecule has 1 aromatic rings. The van der Waals surface area contributed by atoms with E-state index in [2.05, 4.69) is 10.4 Å². The number of aliphatic carboxylic acids is 1. The van der Waals surface area contributed by atoms with Gasteiger partial charge in [-0.15, -0.1) is 0 Å². The number of carboxylic acid groups (broad SMARTS) is 1. The fourth-order valence-electron chi connectivity index (χ4n) is 3.55. The number of nitrogens with two attached hydrogens (primary N) is 1. The molecule has 0 saturated heterocycles. The number of carbonyl (C=O) groups excluding carboxylic acids is 2. The Balaban J connectivity index is 1.85. The third-order valence-corrected chi connectivity index (χ3v) is 4.48. The number of aromatic nitrogens is 2. The summed E-state index contributed by atoms with van der Waals surface area (Å²) in [4.78, 5) is 35.4. The summed E-state index contributed by atoms with van der Waals surface area (Å²) in [7, 11) is 1.54. The molecule has 8 heteroatoms. The molecule has 116 valence electrons. The van der Waals surface area contributed by atoms with Gasteiger partial charge in [-0.2, -0.15) is 5.10 Å². The molecule has 0 unspecified atom stereocenters. The van der Waals surface area contributed by atoms with Crippen LogP contribution in [-0.2, 0) is 16.6 Å². The average Bonchev–Trinajstić information content (AvgIpc) is 3.12. The predicted molar refractivity (Wildman–Crippen MR) is 75.7 cm³/mol. The van der Waals surface area contributed by atoms with Crippen molar-refractivity contribution in [2.24, 2.45) is 36.5 Å². The lowest BCUT2D eigenvalue weighted by Gasteiger charge is -2.23. The van der Waals surface area contributed by atoms with E-state index < -0.39 is 29.6 Å². The Morgan fingerprint density at radius 2 is 1.95 bits per heavy atom. The molecule has 0 aromatic carbocycles. The summed E-state index contributed by atoms with van der Waals surface area (Å²) in [5, 5.41) is 15.9. The van der Waals surface area contributed by atoms with Crippen molar-refractivity contribution in [3.8, 4) is 0 Å². The third kappa shape index (κ3) is 2.07. The van der Waals surface area contributed by atoms with Gasteiger partial charge in [-0.1, -0.05) is 12.2 Å². The van der Waals surface area contributed by atoms with Crippen LogP contribution in [0.5, 0.6) is 0 Å². The van der Waals surface area contributed by atoms with Crippen molar-refractivity contribution in [2.75, 3.05) is 5.32 Å².